The van der Waals surface area contributed by atoms with Gasteiger partial charge < -0.3 is 23.4 Å². The van der Waals surface area contributed by atoms with Gasteiger partial charge in [0.2, 0.25) is 0 Å². The molecule has 7 nitrogen and oxygen atoms in total. The molecule has 2 aliphatic carbocycles. The molecule has 2 aromatic rings. The molecule has 1 unspecified atom stereocenters. The topological polar surface area (TPSA) is 80.3 Å². The SMILES string of the molecule is CCCCC[C@@H](CC[C@H]1C(O[Si](CC)(CC)CC)C[C@@H]2Cc3c(cccc3OCC(=O)OCc3ccccc3)C[C@@H]21)OC(=O)OCC. The molecule has 0 saturated heterocycles. The lowest BCUT2D eigenvalue weighted by Gasteiger charge is -2.36. The van der Waals surface area contributed by atoms with E-state index < -0.39 is 14.5 Å². The summed E-state index contributed by atoms with van der Waals surface area (Å²) < 4.78 is 29.9. The Hall–Kier alpha value is -2.84. The molecule has 0 aliphatic heterocycles. The molecule has 1 fully saturated rings. The Labute approximate surface area is 284 Å². The second kappa shape index (κ2) is 18.6. The number of carbonyl (C=O) groups is 2. The number of carbonyl (C=O) groups excluding carboxylic acids is 2. The summed E-state index contributed by atoms with van der Waals surface area (Å²) in [7, 11) is -1.84. The molecule has 2 aliphatic rings. The molecule has 8 heteroatoms. The van der Waals surface area contributed by atoms with E-state index in [9.17, 15) is 9.59 Å². The number of hydrogen-bond acceptors (Lipinski definition) is 7. The van der Waals surface area contributed by atoms with Crippen molar-refractivity contribution in [1.29, 1.82) is 0 Å². The highest BCUT2D eigenvalue weighted by Crippen LogP contribution is 2.50. The zero-order valence-electron chi connectivity index (χ0n) is 29.5. The molecule has 5 atom stereocenters. The molecule has 1 saturated carbocycles. The molecule has 0 radical (unpaired) electrons. The number of benzene rings is 2. The number of hydrogen-bond donors (Lipinski definition) is 0. The van der Waals surface area contributed by atoms with Crippen molar-refractivity contribution in [3.05, 3.63) is 65.2 Å². The summed E-state index contributed by atoms with van der Waals surface area (Å²) in [5.41, 5.74) is 3.48. The van der Waals surface area contributed by atoms with Crippen LogP contribution in [0.15, 0.2) is 48.5 Å². The summed E-state index contributed by atoms with van der Waals surface area (Å²) in [5, 5.41) is 0. The lowest BCUT2D eigenvalue weighted by molar-refractivity contribution is -0.147. The fourth-order valence-electron chi connectivity index (χ4n) is 7.83. The van der Waals surface area contributed by atoms with E-state index >= 15 is 0 Å². The number of ether oxygens (including phenoxy) is 4. The minimum Gasteiger partial charge on any atom is -0.482 e. The van der Waals surface area contributed by atoms with Gasteiger partial charge in [0.05, 0.1) is 6.61 Å². The molecule has 0 heterocycles. The van der Waals surface area contributed by atoms with Gasteiger partial charge in [0.1, 0.15) is 18.5 Å². The van der Waals surface area contributed by atoms with Gasteiger partial charge in [-0.2, -0.15) is 0 Å². The lowest BCUT2D eigenvalue weighted by Crippen LogP contribution is -2.42. The van der Waals surface area contributed by atoms with Crippen LogP contribution < -0.4 is 4.74 Å². The minimum absolute atomic E-state index is 0.108. The van der Waals surface area contributed by atoms with Gasteiger partial charge in [-0.15, -0.1) is 0 Å². The highest BCUT2D eigenvalue weighted by Gasteiger charge is 2.48. The maximum absolute atomic E-state index is 12.6. The van der Waals surface area contributed by atoms with Crippen molar-refractivity contribution < 1.29 is 33.0 Å². The van der Waals surface area contributed by atoms with E-state index in [4.69, 9.17) is 23.4 Å². The van der Waals surface area contributed by atoms with E-state index in [0.717, 1.165) is 87.2 Å². The van der Waals surface area contributed by atoms with Crippen LogP contribution in [0.2, 0.25) is 18.1 Å². The van der Waals surface area contributed by atoms with Crippen LogP contribution >= 0.6 is 0 Å². The third kappa shape index (κ3) is 10.3. The number of esters is 1. The van der Waals surface area contributed by atoms with E-state index in [-0.39, 0.29) is 31.4 Å². The van der Waals surface area contributed by atoms with Gasteiger partial charge in [-0.3, -0.25) is 0 Å². The maximum Gasteiger partial charge on any atom is 0.508 e. The van der Waals surface area contributed by atoms with Crippen molar-refractivity contribution in [2.75, 3.05) is 13.2 Å². The van der Waals surface area contributed by atoms with Crippen molar-refractivity contribution in [2.24, 2.45) is 17.8 Å². The second-order valence-electron chi connectivity index (χ2n) is 13.5. The van der Waals surface area contributed by atoms with Crippen LogP contribution in [0.4, 0.5) is 4.79 Å². The van der Waals surface area contributed by atoms with Gasteiger partial charge in [-0.25, -0.2) is 9.59 Å². The van der Waals surface area contributed by atoms with E-state index in [2.05, 4.69) is 33.8 Å². The summed E-state index contributed by atoms with van der Waals surface area (Å²) in [6.45, 7) is 11.4. The smallest absolute Gasteiger partial charge is 0.482 e. The van der Waals surface area contributed by atoms with Crippen LogP contribution in [0.3, 0.4) is 0 Å². The predicted molar refractivity (Wildman–Crippen MR) is 188 cm³/mol. The summed E-state index contributed by atoms with van der Waals surface area (Å²) in [5.74, 6) is 1.80. The third-order valence-electron chi connectivity index (χ3n) is 10.7. The van der Waals surface area contributed by atoms with Crippen molar-refractivity contribution in [3.63, 3.8) is 0 Å². The molecule has 2 aromatic carbocycles. The molecule has 260 valence electrons. The average molecular weight is 667 g/mol. The van der Waals surface area contributed by atoms with Crippen LogP contribution in [0.25, 0.3) is 0 Å². The van der Waals surface area contributed by atoms with Gasteiger partial charge in [0.15, 0.2) is 14.9 Å². The fourth-order valence-corrected chi connectivity index (χ4v) is 10.7. The Morgan fingerprint density at radius 1 is 0.872 bits per heavy atom. The largest absolute Gasteiger partial charge is 0.508 e. The molecule has 0 amide bonds. The minimum atomic E-state index is -1.84. The van der Waals surface area contributed by atoms with Crippen LogP contribution in [0, 0.1) is 17.8 Å². The first kappa shape index (κ1) is 37.0. The molecule has 47 heavy (non-hydrogen) atoms. The van der Waals surface area contributed by atoms with Gasteiger partial charge in [-0.05, 0) is 111 Å². The first-order valence-corrected chi connectivity index (χ1v) is 20.8. The molecule has 0 aromatic heterocycles. The van der Waals surface area contributed by atoms with Crippen molar-refractivity contribution in [2.45, 2.75) is 129 Å². The Bertz CT molecular complexity index is 1240. The summed E-state index contributed by atoms with van der Waals surface area (Å²) >= 11 is 0. The van der Waals surface area contributed by atoms with Gasteiger partial charge in [0.25, 0.3) is 0 Å². The van der Waals surface area contributed by atoms with Crippen LogP contribution in [0.5, 0.6) is 5.75 Å². The standard InChI is InChI=1S/C39H58O7Si/c1-6-11-13-20-32(45-39(41)42-7-2)22-23-33-34-24-30-19-16-21-36(43-28-38(40)44-27-29-17-14-12-15-18-29)35(30)25-31(34)26-37(33)46-47(8-3,9-4)10-5/h12,14-19,21,31-34,37H,6-11,13,20,22-28H2,1-5H3/t31-,32-,33+,34-,37?/m0/s1. The quantitative estimate of drug-likeness (QED) is 0.0839. The summed E-state index contributed by atoms with van der Waals surface area (Å²) in [4.78, 5) is 24.9. The highest BCUT2D eigenvalue weighted by molar-refractivity contribution is 6.73. The number of fused-ring (bicyclic) bond motifs is 2. The Kier molecular flexibility index (Phi) is 14.7. The number of unbranched alkanes of at least 4 members (excludes halogenated alkanes) is 2. The van der Waals surface area contributed by atoms with Crippen LogP contribution in [-0.4, -0.2) is 45.9 Å². The summed E-state index contributed by atoms with van der Waals surface area (Å²) in [6, 6.07) is 19.3. The van der Waals surface area contributed by atoms with E-state index in [1.54, 1.807) is 0 Å². The number of rotatable bonds is 19. The zero-order chi connectivity index (χ0) is 33.6. The lowest BCUT2D eigenvalue weighted by atomic mass is 9.73. The third-order valence-corrected chi connectivity index (χ3v) is 15.4. The molecule has 0 N–H and O–H groups in total. The highest BCUT2D eigenvalue weighted by atomic mass is 28.4. The first-order valence-electron chi connectivity index (χ1n) is 18.3. The molecule has 0 bridgehead atoms. The van der Waals surface area contributed by atoms with Gasteiger partial charge in [-0.1, -0.05) is 83.0 Å². The zero-order valence-corrected chi connectivity index (χ0v) is 30.5. The molecular weight excluding hydrogens is 609 g/mol. The van der Waals surface area contributed by atoms with E-state index in [1.165, 1.54) is 11.1 Å². The Morgan fingerprint density at radius 3 is 2.34 bits per heavy atom. The van der Waals surface area contributed by atoms with Crippen LogP contribution in [0.1, 0.15) is 96.3 Å². The molecule has 4 rings (SSSR count). The van der Waals surface area contributed by atoms with E-state index in [1.807, 2.05) is 49.4 Å². The van der Waals surface area contributed by atoms with Gasteiger partial charge in [0, 0.05) is 6.10 Å². The fraction of sp³-hybridized carbons (Fsp3) is 0.641. The normalized spacial score (nSPS) is 21.0. The monoisotopic (exact) mass is 666 g/mol. The van der Waals surface area contributed by atoms with E-state index in [0.29, 0.717) is 24.4 Å². The van der Waals surface area contributed by atoms with Crippen molar-refractivity contribution >= 4 is 20.4 Å². The maximum atomic E-state index is 12.6. The van der Waals surface area contributed by atoms with Crippen molar-refractivity contribution in [1.82, 2.24) is 0 Å². The van der Waals surface area contributed by atoms with Crippen molar-refractivity contribution in [3.8, 4) is 5.75 Å². The average Bonchev–Trinajstić information content (AvgIpc) is 3.42. The second-order valence-corrected chi connectivity index (χ2v) is 18.2. The molecular formula is C39H58O7Si. The van der Waals surface area contributed by atoms with Gasteiger partial charge >= 0.3 is 12.1 Å². The molecule has 0 spiro atoms. The first-order chi connectivity index (χ1) is 22.8. The van der Waals surface area contributed by atoms with Crippen LogP contribution in [-0.2, 0) is 42.9 Å². The predicted octanol–water partition coefficient (Wildman–Crippen LogP) is 9.45. The summed E-state index contributed by atoms with van der Waals surface area (Å²) in [6.07, 6.45) is 8.43. The Balaban J connectivity index is 1.48. The Morgan fingerprint density at radius 2 is 1.64 bits per heavy atom.